The number of ketones is 1. The second-order valence-corrected chi connectivity index (χ2v) is 9.13. The van der Waals surface area contributed by atoms with Crippen molar-refractivity contribution in [3.63, 3.8) is 0 Å². The monoisotopic (exact) mass is 482 g/mol. The third kappa shape index (κ3) is 4.24. The van der Waals surface area contributed by atoms with Crippen LogP contribution in [0.3, 0.4) is 0 Å². The largest absolute Gasteiger partial charge is 0.497 e. The molecule has 6 nitrogen and oxygen atoms in total. The van der Waals surface area contributed by atoms with E-state index >= 15 is 0 Å². The number of hydrogen-bond acceptors (Lipinski definition) is 5. The maximum absolute atomic E-state index is 13.9. The highest BCUT2D eigenvalue weighted by atomic mass is 16.5. The molecular weight excluding hydrogens is 452 g/mol. The fourth-order valence-electron chi connectivity index (χ4n) is 5.25. The Hall–Kier alpha value is -4.06. The molecule has 0 saturated heterocycles. The van der Waals surface area contributed by atoms with Crippen LogP contribution in [0.15, 0.2) is 84.1 Å². The van der Waals surface area contributed by atoms with Gasteiger partial charge in [0.2, 0.25) is 5.91 Å². The van der Waals surface area contributed by atoms with Crippen molar-refractivity contribution in [1.29, 1.82) is 0 Å². The molecule has 0 aromatic heterocycles. The number of allylic oxidation sites excluding steroid dienone is 1. The molecule has 1 amide bonds. The molecule has 1 aliphatic heterocycles. The summed E-state index contributed by atoms with van der Waals surface area (Å²) in [6, 6.07) is 22.8. The summed E-state index contributed by atoms with van der Waals surface area (Å²) in [6.07, 6.45) is 1.37. The minimum atomic E-state index is -0.529. The lowest BCUT2D eigenvalue weighted by Gasteiger charge is -2.35. The van der Waals surface area contributed by atoms with Crippen molar-refractivity contribution in [2.45, 2.75) is 38.1 Å². The molecule has 0 unspecified atom stereocenters. The predicted molar refractivity (Wildman–Crippen MR) is 141 cm³/mol. The molecule has 36 heavy (non-hydrogen) atoms. The van der Waals surface area contributed by atoms with Crippen molar-refractivity contribution < 1.29 is 19.1 Å². The van der Waals surface area contributed by atoms with E-state index in [9.17, 15) is 9.59 Å². The summed E-state index contributed by atoms with van der Waals surface area (Å²) < 4.78 is 10.7. The Kier molecular flexibility index (Phi) is 6.51. The van der Waals surface area contributed by atoms with Crippen molar-refractivity contribution in [2.75, 3.05) is 24.4 Å². The lowest BCUT2D eigenvalue weighted by atomic mass is 9.78. The van der Waals surface area contributed by atoms with E-state index in [0.717, 1.165) is 39.7 Å². The van der Waals surface area contributed by atoms with Gasteiger partial charge in [-0.3, -0.25) is 14.5 Å². The number of anilines is 2. The first kappa shape index (κ1) is 23.7. The molecule has 0 fully saturated rings. The van der Waals surface area contributed by atoms with Crippen molar-refractivity contribution in [3.05, 3.63) is 95.2 Å². The molecule has 1 heterocycles. The molecule has 6 heteroatoms. The van der Waals surface area contributed by atoms with Gasteiger partial charge in [0, 0.05) is 24.1 Å². The van der Waals surface area contributed by atoms with E-state index in [1.54, 1.807) is 19.1 Å². The standard InChI is InChI=1S/C30H30N2O4/c1-4-28(34)32-26-8-6-5-7-24(26)31-25-17-21(19-9-13-22(35-2)14-10-19)18-27(33)29(25)30(32)20-11-15-23(36-3)16-12-20/h5-16,21,30-31H,4,17-18H2,1-3H3/t21-,30+/m0/s1. The zero-order valence-electron chi connectivity index (χ0n) is 20.8. The number of carbonyl (C=O) groups is 2. The Morgan fingerprint density at radius 1 is 0.889 bits per heavy atom. The Morgan fingerprint density at radius 3 is 2.11 bits per heavy atom. The fraction of sp³-hybridized carbons (Fsp3) is 0.267. The minimum Gasteiger partial charge on any atom is -0.497 e. The first-order valence-electron chi connectivity index (χ1n) is 12.3. The minimum absolute atomic E-state index is 0.0340. The maximum Gasteiger partial charge on any atom is 0.227 e. The van der Waals surface area contributed by atoms with Gasteiger partial charge in [-0.2, -0.15) is 0 Å². The molecule has 1 N–H and O–H groups in total. The van der Waals surface area contributed by atoms with Gasteiger partial charge in [0.05, 0.1) is 31.6 Å². The molecule has 0 saturated carbocycles. The lowest BCUT2D eigenvalue weighted by Crippen LogP contribution is -2.38. The van der Waals surface area contributed by atoms with E-state index in [2.05, 4.69) is 5.32 Å². The number of nitrogens with zero attached hydrogens (tertiary/aromatic N) is 1. The van der Waals surface area contributed by atoms with Gasteiger partial charge in [0.1, 0.15) is 11.5 Å². The molecule has 3 aromatic rings. The number of rotatable bonds is 5. The third-order valence-electron chi connectivity index (χ3n) is 7.08. The number of para-hydroxylation sites is 2. The average Bonchev–Trinajstić information content (AvgIpc) is 3.07. The Morgan fingerprint density at radius 2 is 1.50 bits per heavy atom. The smallest absolute Gasteiger partial charge is 0.227 e. The topological polar surface area (TPSA) is 67.9 Å². The first-order chi connectivity index (χ1) is 17.5. The Bertz CT molecular complexity index is 1310. The van der Waals surface area contributed by atoms with Crippen molar-refractivity contribution in [1.82, 2.24) is 0 Å². The van der Waals surface area contributed by atoms with Crippen LogP contribution >= 0.6 is 0 Å². The molecule has 184 valence electrons. The van der Waals surface area contributed by atoms with E-state index in [4.69, 9.17) is 9.47 Å². The van der Waals surface area contributed by atoms with Crippen molar-refractivity contribution in [3.8, 4) is 11.5 Å². The zero-order valence-corrected chi connectivity index (χ0v) is 20.8. The predicted octanol–water partition coefficient (Wildman–Crippen LogP) is 6.01. The fourth-order valence-corrected chi connectivity index (χ4v) is 5.25. The van der Waals surface area contributed by atoms with Crippen LogP contribution in [0.25, 0.3) is 0 Å². The van der Waals surface area contributed by atoms with Crippen LogP contribution in [0.5, 0.6) is 11.5 Å². The number of hydrogen-bond donors (Lipinski definition) is 1. The van der Waals surface area contributed by atoms with E-state index in [1.165, 1.54) is 0 Å². The van der Waals surface area contributed by atoms with Gasteiger partial charge in [-0.05, 0) is 59.9 Å². The summed E-state index contributed by atoms with van der Waals surface area (Å²) >= 11 is 0. The summed E-state index contributed by atoms with van der Waals surface area (Å²) in [6.45, 7) is 1.85. The number of amides is 1. The molecule has 0 spiro atoms. The molecule has 3 aromatic carbocycles. The highest BCUT2D eigenvalue weighted by Gasteiger charge is 2.41. The van der Waals surface area contributed by atoms with Crippen LogP contribution in [0.4, 0.5) is 11.4 Å². The number of fused-ring (bicyclic) bond motifs is 1. The summed E-state index contributed by atoms with van der Waals surface area (Å²) in [7, 11) is 3.27. The van der Waals surface area contributed by atoms with Gasteiger partial charge in [0.15, 0.2) is 5.78 Å². The number of benzene rings is 3. The summed E-state index contributed by atoms with van der Waals surface area (Å²) in [5.74, 6) is 1.56. The van der Waals surface area contributed by atoms with Gasteiger partial charge < -0.3 is 14.8 Å². The van der Waals surface area contributed by atoms with Crippen molar-refractivity contribution in [2.24, 2.45) is 0 Å². The SMILES string of the molecule is CCC(=O)N1c2ccccc2NC2=C(C(=O)C[C@@H](c3ccc(OC)cc3)C2)[C@H]1c1ccc(OC)cc1. The van der Waals surface area contributed by atoms with Gasteiger partial charge >= 0.3 is 0 Å². The number of Topliss-reactive ketones (excluding diaryl/α,β-unsaturated/α-hetero) is 1. The molecule has 2 atom stereocenters. The van der Waals surface area contributed by atoms with Crippen LogP contribution in [0.2, 0.25) is 0 Å². The normalized spacial score (nSPS) is 19.1. The molecule has 0 bridgehead atoms. The summed E-state index contributed by atoms with van der Waals surface area (Å²) in [5.41, 5.74) is 5.09. The van der Waals surface area contributed by atoms with E-state index in [0.29, 0.717) is 24.8 Å². The lowest BCUT2D eigenvalue weighted by molar-refractivity contribution is -0.119. The van der Waals surface area contributed by atoms with Gasteiger partial charge in [-0.15, -0.1) is 0 Å². The number of methoxy groups -OCH3 is 2. The first-order valence-corrected chi connectivity index (χ1v) is 12.3. The Balaban J connectivity index is 1.66. The molecule has 5 rings (SSSR count). The van der Waals surface area contributed by atoms with E-state index in [-0.39, 0.29) is 17.6 Å². The highest BCUT2D eigenvalue weighted by molar-refractivity contribution is 6.06. The Labute approximate surface area is 211 Å². The van der Waals surface area contributed by atoms with Crippen LogP contribution in [0, 0.1) is 0 Å². The van der Waals surface area contributed by atoms with E-state index in [1.807, 2.05) is 79.7 Å². The van der Waals surface area contributed by atoms with Crippen LogP contribution in [0.1, 0.15) is 49.3 Å². The quantitative estimate of drug-likeness (QED) is 0.482. The number of carbonyl (C=O) groups excluding carboxylic acids is 2. The van der Waals surface area contributed by atoms with Gasteiger partial charge in [0.25, 0.3) is 0 Å². The molecule has 1 aliphatic carbocycles. The molecule has 2 aliphatic rings. The third-order valence-corrected chi connectivity index (χ3v) is 7.08. The summed E-state index contributed by atoms with van der Waals surface area (Å²) in [4.78, 5) is 29.2. The van der Waals surface area contributed by atoms with Gasteiger partial charge in [-0.25, -0.2) is 0 Å². The average molecular weight is 483 g/mol. The number of nitrogens with one attached hydrogen (secondary N) is 1. The van der Waals surface area contributed by atoms with Gasteiger partial charge in [-0.1, -0.05) is 43.3 Å². The molecular formula is C30H30N2O4. The zero-order chi connectivity index (χ0) is 25.2. The second kappa shape index (κ2) is 9.90. The van der Waals surface area contributed by atoms with E-state index < -0.39 is 6.04 Å². The van der Waals surface area contributed by atoms with Crippen LogP contribution in [-0.4, -0.2) is 25.9 Å². The van der Waals surface area contributed by atoms with Crippen LogP contribution < -0.4 is 19.7 Å². The number of ether oxygens (including phenoxy) is 2. The second-order valence-electron chi connectivity index (χ2n) is 9.13. The summed E-state index contributed by atoms with van der Waals surface area (Å²) in [5, 5.41) is 3.56. The van der Waals surface area contributed by atoms with Crippen molar-refractivity contribution >= 4 is 23.1 Å². The highest BCUT2D eigenvalue weighted by Crippen LogP contribution is 2.47. The van der Waals surface area contributed by atoms with Crippen LogP contribution in [-0.2, 0) is 9.59 Å². The maximum atomic E-state index is 13.9. The molecule has 0 radical (unpaired) electrons.